The van der Waals surface area contributed by atoms with Crippen molar-refractivity contribution in [2.24, 2.45) is 0 Å². The Morgan fingerprint density at radius 2 is 1.79 bits per heavy atom. The van der Waals surface area contributed by atoms with Crippen molar-refractivity contribution in [3.05, 3.63) is 59.0 Å². The van der Waals surface area contributed by atoms with Crippen molar-refractivity contribution in [2.75, 3.05) is 24.2 Å². The second-order valence-corrected chi connectivity index (χ2v) is 11.5. The average Bonchev–Trinajstić information content (AvgIpc) is 3.13. The van der Waals surface area contributed by atoms with E-state index in [0.29, 0.717) is 6.42 Å². The molecular weight excluding hydrogens is 478 g/mol. The number of fused-ring (bicyclic) bond motifs is 3. The van der Waals surface area contributed by atoms with Gasteiger partial charge in [-0.15, -0.1) is 23.1 Å². The Kier molecular flexibility index (Phi) is 7.69. The van der Waals surface area contributed by atoms with Crippen LogP contribution in [0, 0.1) is 0 Å². The predicted octanol–water partition coefficient (Wildman–Crippen LogP) is 4.72. The van der Waals surface area contributed by atoms with E-state index in [1.54, 1.807) is 11.3 Å². The largest absolute Gasteiger partial charge is 0.478 e. The van der Waals surface area contributed by atoms with Crippen LogP contribution in [0.2, 0.25) is 0 Å². The van der Waals surface area contributed by atoms with E-state index in [4.69, 9.17) is 4.98 Å². The maximum atomic E-state index is 12.4. The van der Waals surface area contributed by atoms with Crippen LogP contribution in [0.3, 0.4) is 0 Å². The summed E-state index contributed by atoms with van der Waals surface area (Å²) in [6.45, 7) is 1.02. The summed E-state index contributed by atoms with van der Waals surface area (Å²) in [5.41, 5.74) is 2.06. The minimum absolute atomic E-state index is 0.206. The zero-order valence-corrected chi connectivity index (χ0v) is 20.4. The molecule has 0 atom stereocenters. The van der Waals surface area contributed by atoms with E-state index in [-0.39, 0.29) is 17.0 Å². The van der Waals surface area contributed by atoms with Crippen molar-refractivity contribution in [1.29, 1.82) is 0 Å². The smallest absolute Gasteiger partial charge is 0.337 e. The normalized spacial score (nSPS) is 13.1. The van der Waals surface area contributed by atoms with Gasteiger partial charge in [-0.1, -0.05) is 36.8 Å². The van der Waals surface area contributed by atoms with Gasteiger partial charge in [-0.2, -0.15) is 0 Å². The summed E-state index contributed by atoms with van der Waals surface area (Å²) < 4.78 is 27.4. The van der Waals surface area contributed by atoms with Crippen molar-refractivity contribution in [3.63, 3.8) is 0 Å². The molecule has 0 unspecified atom stereocenters. The Morgan fingerprint density at radius 1 is 1.03 bits per heavy atom. The molecule has 0 radical (unpaired) electrons. The number of nitrogens with one attached hydrogen (secondary N) is 2. The van der Waals surface area contributed by atoms with Crippen LogP contribution in [0.25, 0.3) is 11.3 Å². The highest BCUT2D eigenvalue weighted by atomic mass is 32.2. The first kappa shape index (κ1) is 23.7. The molecule has 1 aliphatic heterocycles. The number of aromatic carboxylic acids is 1. The summed E-state index contributed by atoms with van der Waals surface area (Å²) in [6.07, 6.45) is 3.39. The van der Waals surface area contributed by atoms with E-state index in [9.17, 15) is 18.3 Å². The van der Waals surface area contributed by atoms with Gasteiger partial charge >= 0.3 is 5.97 Å². The summed E-state index contributed by atoms with van der Waals surface area (Å²) in [5.74, 6) is -0.206. The molecular formula is C23H25N3O4S3. The summed E-state index contributed by atoms with van der Waals surface area (Å²) in [4.78, 5) is 18.5. The molecule has 3 aromatic rings. The van der Waals surface area contributed by atoms with Crippen LogP contribution in [-0.4, -0.2) is 43.3 Å². The number of rotatable bonds is 10. The highest BCUT2D eigenvalue weighted by Gasteiger charge is 2.21. The first-order valence-corrected chi connectivity index (χ1v) is 14.0. The highest BCUT2D eigenvalue weighted by Crippen LogP contribution is 2.40. The van der Waals surface area contributed by atoms with Crippen molar-refractivity contribution in [1.82, 2.24) is 9.71 Å². The maximum Gasteiger partial charge on any atom is 0.337 e. The third-order valence-electron chi connectivity index (χ3n) is 5.26. The van der Waals surface area contributed by atoms with Crippen LogP contribution in [0.15, 0.2) is 58.3 Å². The van der Waals surface area contributed by atoms with Crippen molar-refractivity contribution in [3.8, 4) is 11.3 Å². The Labute approximate surface area is 201 Å². The van der Waals surface area contributed by atoms with E-state index in [2.05, 4.69) is 34.3 Å². The minimum Gasteiger partial charge on any atom is -0.478 e. The summed E-state index contributed by atoms with van der Waals surface area (Å²) in [7, 11) is -3.86. The van der Waals surface area contributed by atoms with Gasteiger partial charge in [0, 0.05) is 34.2 Å². The summed E-state index contributed by atoms with van der Waals surface area (Å²) in [5, 5.41) is 13.5. The fourth-order valence-electron chi connectivity index (χ4n) is 3.63. The molecule has 0 aliphatic carbocycles. The molecule has 4 rings (SSSR count). The van der Waals surface area contributed by atoms with Gasteiger partial charge in [0.25, 0.3) is 0 Å². The fourth-order valence-corrected chi connectivity index (χ4v) is 7.06. The van der Waals surface area contributed by atoms with Crippen LogP contribution in [0.4, 0.5) is 5.13 Å². The maximum absolute atomic E-state index is 12.4. The summed E-state index contributed by atoms with van der Waals surface area (Å²) >= 11 is 3.59. The van der Waals surface area contributed by atoms with E-state index in [1.165, 1.54) is 39.6 Å². The number of carboxylic acid groups (broad SMARTS) is 1. The second kappa shape index (κ2) is 10.7. The van der Waals surface area contributed by atoms with Crippen molar-refractivity contribution in [2.45, 2.75) is 35.5 Å². The lowest BCUT2D eigenvalue weighted by molar-refractivity contribution is 0.0692. The number of hydrogen-bond acceptors (Lipinski definition) is 7. The van der Waals surface area contributed by atoms with E-state index in [0.717, 1.165) is 42.4 Å². The summed E-state index contributed by atoms with van der Waals surface area (Å²) in [6, 6.07) is 14.0. The molecule has 2 heterocycles. The highest BCUT2D eigenvalue weighted by molar-refractivity contribution is 7.99. The molecule has 7 nitrogen and oxygen atoms in total. The molecule has 33 heavy (non-hydrogen) atoms. The van der Waals surface area contributed by atoms with Crippen LogP contribution in [0.5, 0.6) is 0 Å². The number of anilines is 1. The van der Waals surface area contributed by atoms with Gasteiger partial charge in [-0.3, -0.25) is 0 Å². The number of aryl methyl sites for hydroxylation is 1. The number of unbranched alkanes of at least 4 members (excludes halogenated alkanes) is 2. The number of aromatic nitrogens is 1. The van der Waals surface area contributed by atoms with Crippen LogP contribution in [-0.2, 0) is 16.4 Å². The van der Waals surface area contributed by atoms with E-state index >= 15 is 0 Å². The number of thiazole rings is 1. The lowest BCUT2D eigenvalue weighted by Crippen LogP contribution is -2.26. The van der Waals surface area contributed by atoms with Gasteiger partial charge in [-0.05, 0) is 37.5 Å². The molecule has 0 saturated heterocycles. The molecule has 0 saturated carbocycles. The molecule has 2 aromatic carbocycles. The third kappa shape index (κ3) is 5.75. The monoisotopic (exact) mass is 503 g/mol. The quantitative estimate of drug-likeness (QED) is 0.344. The van der Waals surface area contributed by atoms with Gasteiger partial charge in [0.1, 0.15) is 0 Å². The Hall–Kier alpha value is -2.40. The van der Waals surface area contributed by atoms with Crippen LogP contribution >= 0.6 is 23.1 Å². The Bertz CT molecular complexity index is 1240. The number of carboxylic acids is 1. The van der Waals surface area contributed by atoms with Gasteiger partial charge < -0.3 is 10.4 Å². The predicted molar refractivity (Wildman–Crippen MR) is 133 cm³/mol. The van der Waals surface area contributed by atoms with Gasteiger partial charge in [0.05, 0.1) is 16.2 Å². The number of nitrogens with zero attached hydrogens (tertiary/aromatic N) is 1. The molecule has 174 valence electrons. The van der Waals surface area contributed by atoms with Gasteiger partial charge in [0.2, 0.25) is 10.0 Å². The van der Waals surface area contributed by atoms with E-state index < -0.39 is 16.0 Å². The molecule has 1 aromatic heterocycles. The molecule has 10 heteroatoms. The van der Waals surface area contributed by atoms with Gasteiger partial charge in [-0.25, -0.2) is 22.9 Å². The first-order chi connectivity index (χ1) is 16.0. The van der Waals surface area contributed by atoms with Crippen LogP contribution < -0.4 is 10.0 Å². The molecule has 1 aliphatic rings. The third-order valence-corrected chi connectivity index (χ3v) is 8.92. The zero-order chi connectivity index (χ0) is 23.3. The number of benzene rings is 2. The first-order valence-electron chi connectivity index (χ1n) is 10.7. The molecule has 0 amide bonds. The van der Waals surface area contributed by atoms with Crippen LogP contribution in [0.1, 0.15) is 34.5 Å². The number of thioether (sulfide) groups is 1. The SMILES string of the molecule is O=C(O)c1ccccc1S(=O)(=O)NCCCCCNc1nc2c(s1)CCSc1ccccc1-2. The Morgan fingerprint density at radius 3 is 2.64 bits per heavy atom. The molecule has 0 spiro atoms. The molecule has 3 N–H and O–H groups in total. The second-order valence-electron chi connectivity index (χ2n) is 7.57. The molecule has 0 bridgehead atoms. The average molecular weight is 504 g/mol. The minimum atomic E-state index is -3.86. The lowest BCUT2D eigenvalue weighted by Gasteiger charge is -2.09. The zero-order valence-electron chi connectivity index (χ0n) is 17.9. The number of hydrogen-bond donors (Lipinski definition) is 3. The van der Waals surface area contributed by atoms with Crippen molar-refractivity contribution >= 4 is 44.2 Å². The molecule has 0 fully saturated rings. The fraction of sp³-hybridized carbons (Fsp3) is 0.304. The standard InChI is InChI=1S/C23H25N3O4S3/c27-22(28)17-9-3-5-11-20(17)33(29,30)25-14-7-1-6-13-24-23-26-21-16-8-2-4-10-18(16)31-15-12-19(21)32-23/h2-5,8-11,25H,1,6-7,12-15H2,(H,24,26)(H,27,28). The van der Waals surface area contributed by atoms with Gasteiger partial charge in [0.15, 0.2) is 5.13 Å². The van der Waals surface area contributed by atoms with E-state index in [1.807, 2.05) is 11.8 Å². The number of sulfonamides is 1. The Balaban J connectivity index is 1.23. The number of carbonyl (C=O) groups is 1. The van der Waals surface area contributed by atoms with Crippen molar-refractivity contribution < 1.29 is 18.3 Å². The topological polar surface area (TPSA) is 108 Å². The lowest BCUT2D eigenvalue weighted by atomic mass is 10.1.